The van der Waals surface area contributed by atoms with Crippen LogP contribution in [0.3, 0.4) is 0 Å². The fraction of sp³-hybridized carbons (Fsp3) is 1.00. The van der Waals surface area contributed by atoms with Gasteiger partial charge in [-0.15, -0.1) is 0 Å². The van der Waals surface area contributed by atoms with Crippen LogP contribution in [-0.2, 0) is 0 Å². The van der Waals surface area contributed by atoms with Gasteiger partial charge in [-0.05, 0) is 24.8 Å². The van der Waals surface area contributed by atoms with E-state index >= 15 is 0 Å². The van der Waals surface area contributed by atoms with Gasteiger partial charge in [-0.25, -0.2) is 0 Å². The summed E-state index contributed by atoms with van der Waals surface area (Å²) >= 11 is 0. The van der Waals surface area contributed by atoms with Crippen molar-refractivity contribution >= 4 is 0 Å². The lowest BCUT2D eigenvalue weighted by molar-refractivity contribution is 0.332. The highest BCUT2D eigenvalue weighted by Crippen LogP contribution is 2.19. The topological polar surface area (TPSA) is 12.0 Å². The summed E-state index contributed by atoms with van der Waals surface area (Å²) in [4.78, 5) is 0. The van der Waals surface area contributed by atoms with E-state index in [0.717, 1.165) is 11.8 Å². The van der Waals surface area contributed by atoms with Gasteiger partial charge in [-0.3, -0.25) is 0 Å². The van der Waals surface area contributed by atoms with Crippen LogP contribution in [0.5, 0.6) is 0 Å². The van der Waals surface area contributed by atoms with Crippen LogP contribution in [-0.4, -0.2) is 12.6 Å². The van der Waals surface area contributed by atoms with E-state index in [-0.39, 0.29) is 0 Å². The third-order valence-electron chi connectivity index (χ3n) is 2.87. The van der Waals surface area contributed by atoms with Crippen LogP contribution < -0.4 is 5.32 Å². The molecule has 0 saturated carbocycles. The Bertz CT molecular complexity index is 110. The maximum Gasteiger partial charge on any atom is 0.00103 e. The fourth-order valence-corrected chi connectivity index (χ4v) is 1.62. The smallest absolute Gasteiger partial charge is 0.00103 e. The Morgan fingerprint density at radius 2 is 1.46 bits per heavy atom. The van der Waals surface area contributed by atoms with Gasteiger partial charge >= 0.3 is 0 Å². The molecule has 2 unspecified atom stereocenters. The first-order valence-electron chi connectivity index (χ1n) is 5.81. The van der Waals surface area contributed by atoms with Gasteiger partial charge in [-0.1, -0.05) is 47.5 Å². The summed E-state index contributed by atoms with van der Waals surface area (Å²) in [5.41, 5.74) is 0. The van der Waals surface area contributed by atoms with Gasteiger partial charge in [-0.2, -0.15) is 0 Å². The molecule has 0 saturated heterocycles. The van der Waals surface area contributed by atoms with Crippen molar-refractivity contribution < 1.29 is 0 Å². The molecule has 0 aromatic rings. The second-order valence-corrected chi connectivity index (χ2v) is 4.64. The SMILES string of the molecule is CCCC(C)C(C)CCNC(C)C. The summed E-state index contributed by atoms with van der Waals surface area (Å²) in [6.45, 7) is 12.6. The molecule has 0 radical (unpaired) electrons. The molecule has 0 aliphatic heterocycles. The van der Waals surface area contributed by atoms with Crippen molar-refractivity contribution in [2.75, 3.05) is 6.54 Å². The predicted octanol–water partition coefficient (Wildman–Crippen LogP) is 3.45. The van der Waals surface area contributed by atoms with Gasteiger partial charge in [0.15, 0.2) is 0 Å². The van der Waals surface area contributed by atoms with E-state index < -0.39 is 0 Å². The first-order valence-corrected chi connectivity index (χ1v) is 5.81. The van der Waals surface area contributed by atoms with Crippen molar-refractivity contribution in [1.29, 1.82) is 0 Å². The maximum atomic E-state index is 3.47. The van der Waals surface area contributed by atoms with Crippen LogP contribution in [0, 0.1) is 11.8 Å². The summed E-state index contributed by atoms with van der Waals surface area (Å²) in [6.07, 6.45) is 4.02. The molecule has 0 spiro atoms. The van der Waals surface area contributed by atoms with Crippen LogP contribution in [0.4, 0.5) is 0 Å². The molecule has 80 valence electrons. The normalized spacial score (nSPS) is 16.2. The van der Waals surface area contributed by atoms with E-state index in [2.05, 4.69) is 39.9 Å². The minimum Gasteiger partial charge on any atom is -0.315 e. The molecule has 1 nitrogen and oxygen atoms in total. The van der Waals surface area contributed by atoms with Crippen LogP contribution in [0.15, 0.2) is 0 Å². The Labute approximate surface area is 84.3 Å². The number of hydrogen-bond acceptors (Lipinski definition) is 1. The summed E-state index contributed by atoms with van der Waals surface area (Å²) in [5, 5.41) is 3.47. The number of hydrogen-bond donors (Lipinski definition) is 1. The van der Waals surface area contributed by atoms with Crippen LogP contribution in [0.25, 0.3) is 0 Å². The molecule has 0 aromatic carbocycles. The molecule has 2 atom stereocenters. The zero-order chi connectivity index (χ0) is 10.3. The Morgan fingerprint density at radius 1 is 0.923 bits per heavy atom. The lowest BCUT2D eigenvalue weighted by Gasteiger charge is -2.20. The summed E-state index contributed by atoms with van der Waals surface area (Å²) in [7, 11) is 0. The highest BCUT2D eigenvalue weighted by Gasteiger charge is 2.10. The second kappa shape index (κ2) is 7.37. The van der Waals surface area contributed by atoms with Crippen LogP contribution in [0.2, 0.25) is 0 Å². The van der Waals surface area contributed by atoms with Crippen LogP contribution >= 0.6 is 0 Å². The Kier molecular flexibility index (Phi) is 7.35. The first kappa shape index (κ1) is 13.0. The molecular weight excluding hydrogens is 158 g/mol. The molecule has 1 N–H and O–H groups in total. The van der Waals surface area contributed by atoms with Gasteiger partial charge < -0.3 is 5.32 Å². The van der Waals surface area contributed by atoms with E-state index in [9.17, 15) is 0 Å². The van der Waals surface area contributed by atoms with Crippen LogP contribution in [0.1, 0.15) is 53.9 Å². The molecule has 1 heteroatoms. The van der Waals surface area contributed by atoms with Crippen molar-refractivity contribution in [3.63, 3.8) is 0 Å². The largest absolute Gasteiger partial charge is 0.315 e. The van der Waals surface area contributed by atoms with E-state index in [4.69, 9.17) is 0 Å². The van der Waals surface area contributed by atoms with Crippen molar-refractivity contribution in [3.8, 4) is 0 Å². The van der Waals surface area contributed by atoms with Crippen molar-refractivity contribution in [3.05, 3.63) is 0 Å². The van der Waals surface area contributed by atoms with Gasteiger partial charge in [0, 0.05) is 6.04 Å². The second-order valence-electron chi connectivity index (χ2n) is 4.64. The molecule has 0 aliphatic carbocycles. The molecule has 13 heavy (non-hydrogen) atoms. The van der Waals surface area contributed by atoms with E-state index in [1.54, 1.807) is 0 Å². The standard InChI is InChI=1S/C12H27N/c1-6-7-11(4)12(5)8-9-13-10(2)3/h10-13H,6-9H2,1-5H3. The summed E-state index contributed by atoms with van der Waals surface area (Å²) in [6, 6.07) is 0.633. The zero-order valence-electron chi connectivity index (χ0n) is 10.1. The lowest BCUT2D eigenvalue weighted by atomic mass is 9.89. The fourth-order valence-electron chi connectivity index (χ4n) is 1.62. The molecule has 0 rings (SSSR count). The van der Waals surface area contributed by atoms with Gasteiger partial charge in [0.2, 0.25) is 0 Å². The summed E-state index contributed by atoms with van der Waals surface area (Å²) < 4.78 is 0. The third-order valence-corrected chi connectivity index (χ3v) is 2.87. The van der Waals surface area contributed by atoms with E-state index in [1.807, 2.05) is 0 Å². The molecule has 0 amide bonds. The molecule has 0 aromatic heterocycles. The monoisotopic (exact) mass is 185 g/mol. The van der Waals surface area contributed by atoms with E-state index in [1.165, 1.54) is 25.8 Å². The molecule has 0 aliphatic rings. The maximum absolute atomic E-state index is 3.47. The van der Waals surface area contributed by atoms with Gasteiger partial charge in [0.05, 0.1) is 0 Å². The van der Waals surface area contributed by atoms with Gasteiger partial charge in [0.25, 0.3) is 0 Å². The average Bonchev–Trinajstić information content (AvgIpc) is 2.04. The average molecular weight is 185 g/mol. The molecule has 0 fully saturated rings. The first-order chi connectivity index (χ1) is 6.07. The Hall–Kier alpha value is -0.0400. The molecule has 0 heterocycles. The molecular formula is C12H27N. The quantitative estimate of drug-likeness (QED) is 0.640. The van der Waals surface area contributed by atoms with Crippen molar-refractivity contribution in [1.82, 2.24) is 5.32 Å². The molecule has 0 bridgehead atoms. The lowest BCUT2D eigenvalue weighted by Crippen LogP contribution is -2.26. The van der Waals surface area contributed by atoms with Crippen molar-refractivity contribution in [2.24, 2.45) is 11.8 Å². The summed E-state index contributed by atoms with van der Waals surface area (Å²) in [5.74, 6) is 1.75. The predicted molar refractivity (Wildman–Crippen MR) is 61.0 cm³/mol. The Balaban J connectivity index is 3.43. The van der Waals surface area contributed by atoms with E-state index in [0.29, 0.717) is 6.04 Å². The Morgan fingerprint density at radius 3 is 1.92 bits per heavy atom. The number of nitrogens with one attached hydrogen (secondary N) is 1. The minimum absolute atomic E-state index is 0.633. The van der Waals surface area contributed by atoms with Gasteiger partial charge in [0.1, 0.15) is 0 Å². The third kappa shape index (κ3) is 7.06. The van der Waals surface area contributed by atoms with Crippen molar-refractivity contribution in [2.45, 2.75) is 59.9 Å². The zero-order valence-corrected chi connectivity index (χ0v) is 10.1. The highest BCUT2D eigenvalue weighted by molar-refractivity contribution is 4.64. The highest BCUT2D eigenvalue weighted by atomic mass is 14.9. The minimum atomic E-state index is 0.633. The number of rotatable bonds is 7.